The van der Waals surface area contributed by atoms with Gasteiger partial charge in [-0.1, -0.05) is 13.8 Å². The molecule has 0 aliphatic carbocycles. The highest BCUT2D eigenvalue weighted by Gasteiger charge is 2.30. The highest BCUT2D eigenvalue weighted by Crippen LogP contribution is 2.08. The van der Waals surface area contributed by atoms with Crippen molar-refractivity contribution >= 4 is 47.3 Å². The van der Waals surface area contributed by atoms with Gasteiger partial charge in [-0.25, -0.2) is 4.79 Å². The number of amides is 4. The molecule has 4 unspecified atom stereocenters. The average Bonchev–Trinajstić information content (AvgIpc) is 2.80. The second-order valence-corrected chi connectivity index (χ2v) is 9.98. The summed E-state index contributed by atoms with van der Waals surface area (Å²) in [4.78, 5) is 65.4. The topological polar surface area (TPSA) is 258 Å². The number of hydrogen-bond donors (Lipinski definition) is 8. The molecule has 12 N–H and O–H groups in total. The maximum atomic E-state index is 13.1. The molecule has 0 aromatic heterocycles. The lowest BCUT2D eigenvalue weighted by Gasteiger charge is -2.25. The Balaban J connectivity index is 5.67. The lowest BCUT2D eigenvalue weighted by Crippen LogP contribution is -2.57. The monoisotopic (exact) mass is 546 g/mol. The molecule has 0 rings (SSSR count). The summed E-state index contributed by atoms with van der Waals surface area (Å²) in [5.74, 6) is -3.46. The summed E-state index contributed by atoms with van der Waals surface area (Å²) in [5.41, 5.74) is 21.7. The number of aliphatic carboxylic acids is 1. The van der Waals surface area contributed by atoms with Crippen molar-refractivity contribution in [3.63, 3.8) is 0 Å². The van der Waals surface area contributed by atoms with Crippen LogP contribution >= 0.6 is 11.8 Å². The van der Waals surface area contributed by atoms with E-state index in [0.717, 1.165) is 0 Å². The summed E-state index contributed by atoms with van der Waals surface area (Å²) in [7, 11) is 0. The molecule has 0 aliphatic heterocycles. The first-order valence-corrected chi connectivity index (χ1v) is 13.4. The Morgan fingerprint density at radius 3 is 1.89 bits per heavy atom. The van der Waals surface area contributed by atoms with Crippen molar-refractivity contribution in [2.45, 2.75) is 76.5 Å². The Morgan fingerprint density at radius 1 is 0.865 bits per heavy atom. The van der Waals surface area contributed by atoms with Crippen LogP contribution in [0.15, 0.2) is 4.99 Å². The average molecular weight is 547 g/mol. The maximum Gasteiger partial charge on any atom is 0.326 e. The molecule has 0 heterocycles. The van der Waals surface area contributed by atoms with Crippen molar-refractivity contribution in [1.29, 1.82) is 0 Å². The third kappa shape index (κ3) is 15.6. The molecule has 0 radical (unpaired) electrons. The Bertz CT molecular complexity index is 806. The summed E-state index contributed by atoms with van der Waals surface area (Å²) >= 11 is 1.51. The van der Waals surface area contributed by atoms with Gasteiger partial charge in [0.2, 0.25) is 23.6 Å². The first kappa shape index (κ1) is 33.9. The molecule has 0 saturated heterocycles. The van der Waals surface area contributed by atoms with E-state index in [2.05, 4.69) is 20.9 Å². The van der Waals surface area contributed by atoms with Crippen LogP contribution in [0.4, 0.5) is 0 Å². The number of hydrogen-bond acceptors (Lipinski definition) is 8. The van der Waals surface area contributed by atoms with Crippen LogP contribution in [0.5, 0.6) is 0 Å². The van der Waals surface area contributed by atoms with Gasteiger partial charge in [0.05, 0.1) is 6.04 Å². The Kier molecular flexibility index (Phi) is 16.7. The standard InChI is InChI=1S/C22H42N8O6S/c1-12(2)11-16(21(35)36)30-19(33)14(5-4-9-27-22(25)26)29-20(34)15(6-7-17(24)31)28-18(32)13(23)8-10-37-3/h12-16H,4-11,23H2,1-3H3,(H2,24,31)(H,28,32)(H,29,34)(H,30,33)(H,35,36)(H4,25,26,27). The molecule has 212 valence electrons. The number of thioether (sulfide) groups is 1. The molecule has 4 atom stereocenters. The lowest BCUT2D eigenvalue weighted by atomic mass is 10.0. The fraction of sp³-hybridized carbons (Fsp3) is 0.727. The van der Waals surface area contributed by atoms with Crippen molar-refractivity contribution in [2.24, 2.45) is 33.8 Å². The summed E-state index contributed by atoms with van der Waals surface area (Å²) < 4.78 is 0. The van der Waals surface area contributed by atoms with Gasteiger partial charge >= 0.3 is 5.97 Å². The molecule has 0 spiro atoms. The van der Waals surface area contributed by atoms with Crippen molar-refractivity contribution in [1.82, 2.24) is 16.0 Å². The van der Waals surface area contributed by atoms with Gasteiger partial charge in [-0.15, -0.1) is 0 Å². The van der Waals surface area contributed by atoms with Crippen LogP contribution in [-0.2, 0) is 24.0 Å². The number of carboxylic acids is 1. The number of nitrogens with two attached hydrogens (primary N) is 4. The fourth-order valence-electron chi connectivity index (χ4n) is 3.22. The molecule has 0 aromatic carbocycles. The lowest BCUT2D eigenvalue weighted by molar-refractivity contribution is -0.142. The van der Waals surface area contributed by atoms with E-state index in [9.17, 15) is 29.1 Å². The van der Waals surface area contributed by atoms with Gasteiger partial charge in [0, 0.05) is 13.0 Å². The van der Waals surface area contributed by atoms with Gasteiger partial charge in [0.15, 0.2) is 5.96 Å². The van der Waals surface area contributed by atoms with E-state index in [1.807, 2.05) is 20.1 Å². The van der Waals surface area contributed by atoms with Crippen molar-refractivity contribution in [2.75, 3.05) is 18.6 Å². The first-order chi connectivity index (χ1) is 17.3. The molecular formula is C22H42N8O6S. The van der Waals surface area contributed by atoms with E-state index in [1.165, 1.54) is 11.8 Å². The molecular weight excluding hydrogens is 504 g/mol. The summed E-state index contributed by atoms with van der Waals surface area (Å²) in [6.07, 6.45) is 2.47. The highest BCUT2D eigenvalue weighted by atomic mass is 32.2. The number of rotatable bonds is 19. The predicted octanol–water partition coefficient (Wildman–Crippen LogP) is -2.03. The Morgan fingerprint density at radius 2 is 1.41 bits per heavy atom. The number of guanidine groups is 1. The van der Waals surface area contributed by atoms with E-state index in [-0.39, 0.29) is 50.5 Å². The van der Waals surface area contributed by atoms with E-state index >= 15 is 0 Å². The van der Waals surface area contributed by atoms with E-state index in [1.54, 1.807) is 0 Å². The minimum atomic E-state index is -1.21. The Labute approximate surface area is 221 Å². The third-order valence-electron chi connectivity index (χ3n) is 5.18. The van der Waals surface area contributed by atoms with Crippen LogP contribution in [0.3, 0.4) is 0 Å². The van der Waals surface area contributed by atoms with E-state index in [0.29, 0.717) is 12.2 Å². The molecule has 37 heavy (non-hydrogen) atoms. The zero-order chi connectivity index (χ0) is 28.5. The molecule has 0 saturated carbocycles. The molecule has 0 fully saturated rings. The second-order valence-electron chi connectivity index (χ2n) is 8.99. The number of carboxylic acid groups (broad SMARTS) is 1. The van der Waals surface area contributed by atoms with Gasteiger partial charge in [0.25, 0.3) is 0 Å². The van der Waals surface area contributed by atoms with Crippen LogP contribution in [0.25, 0.3) is 0 Å². The van der Waals surface area contributed by atoms with Crippen LogP contribution in [-0.4, -0.2) is 83.4 Å². The van der Waals surface area contributed by atoms with Gasteiger partial charge in [-0.2, -0.15) is 11.8 Å². The predicted molar refractivity (Wildman–Crippen MR) is 142 cm³/mol. The molecule has 0 aliphatic rings. The number of nitrogens with zero attached hydrogens (tertiary/aromatic N) is 1. The second kappa shape index (κ2) is 18.2. The van der Waals surface area contributed by atoms with Crippen LogP contribution < -0.4 is 38.9 Å². The quantitative estimate of drug-likeness (QED) is 0.0500. The SMILES string of the molecule is CSCCC(N)C(=O)NC(CCC(N)=O)C(=O)NC(CCCN=C(N)N)C(=O)NC(CC(C)C)C(=O)O. The maximum absolute atomic E-state index is 13.1. The minimum absolute atomic E-state index is 0.0139. The van der Waals surface area contributed by atoms with Gasteiger partial charge in [0.1, 0.15) is 18.1 Å². The molecule has 4 amide bonds. The van der Waals surface area contributed by atoms with E-state index in [4.69, 9.17) is 22.9 Å². The molecule has 15 heteroatoms. The number of nitrogens with one attached hydrogen (secondary N) is 3. The molecule has 0 bridgehead atoms. The largest absolute Gasteiger partial charge is 0.480 e. The van der Waals surface area contributed by atoms with Crippen LogP contribution in [0, 0.1) is 5.92 Å². The minimum Gasteiger partial charge on any atom is -0.480 e. The first-order valence-electron chi connectivity index (χ1n) is 12.0. The van der Waals surface area contributed by atoms with Crippen molar-refractivity contribution in [3.05, 3.63) is 0 Å². The number of carbonyl (C=O) groups excluding carboxylic acids is 4. The van der Waals surface area contributed by atoms with Gasteiger partial charge in [-0.3, -0.25) is 24.2 Å². The normalized spacial score (nSPS) is 14.1. The zero-order valence-corrected chi connectivity index (χ0v) is 22.5. The van der Waals surface area contributed by atoms with E-state index < -0.39 is 53.8 Å². The van der Waals surface area contributed by atoms with Crippen molar-refractivity contribution < 1.29 is 29.1 Å². The zero-order valence-electron chi connectivity index (χ0n) is 21.7. The number of aliphatic imine (C=N–C) groups is 1. The smallest absolute Gasteiger partial charge is 0.326 e. The molecule has 14 nitrogen and oxygen atoms in total. The van der Waals surface area contributed by atoms with Crippen LogP contribution in [0.1, 0.15) is 52.4 Å². The summed E-state index contributed by atoms with van der Waals surface area (Å²) in [5, 5.41) is 17.0. The fourth-order valence-corrected chi connectivity index (χ4v) is 3.71. The van der Waals surface area contributed by atoms with Crippen molar-refractivity contribution in [3.8, 4) is 0 Å². The highest BCUT2D eigenvalue weighted by molar-refractivity contribution is 7.98. The summed E-state index contributed by atoms with van der Waals surface area (Å²) in [6, 6.07) is -4.39. The Hall–Kier alpha value is -3.07. The number of carbonyl (C=O) groups is 5. The molecule has 0 aromatic rings. The number of primary amides is 1. The van der Waals surface area contributed by atoms with Gasteiger partial charge in [-0.05, 0) is 50.0 Å². The summed E-state index contributed by atoms with van der Waals surface area (Å²) in [6.45, 7) is 3.79. The van der Waals surface area contributed by atoms with Gasteiger partial charge < -0.3 is 44.0 Å². The third-order valence-corrected chi connectivity index (χ3v) is 5.83. The van der Waals surface area contributed by atoms with Crippen LogP contribution in [0.2, 0.25) is 0 Å².